The molecule has 1 aliphatic heterocycles. The van der Waals surface area contributed by atoms with Crippen LogP contribution in [0.5, 0.6) is 0 Å². The first-order valence-electron chi connectivity index (χ1n) is 8.23. The summed E-state index contributed by atoms with van der Waals surface area (Å²) >= 11 is 0. The maximum Gasteiger partial charge on any atom is 0.153 e. The molecule has 0 atom stereocenters. The van der Waals surface area contributed by atoms with Crippen LogP contribution in [0, 0.1) is 5.82 Å². The lowest BCUT2D eigenvalue weighted by atomic mass is 10.1. The third kappa shape index (κ3) is 3.45. The minimum atomic E-state index is -2.88. The molecule has 3 heterocycles. The molecule has 0 radical (unpaired) electrons. The van der Waals surface area contributed by atoms with Crippen LogP contribution in [-0.2, 0) is 9.84 Å². The maximum atomic E-state index is 13.0. The van der Waals surface area contributed by atoms with Gasteiger partial charge in [-0.2, -0.15) is 5.10 Å². The summed E-state index contributed by atoms with van der Waals surface area (Å²) in [5.41, 5.74) is 2.92. The van der Waals surface area contributed by atoms with Gasteiger partial charge in [0, 0.05) is 30.5 Å². The molecule has 0 unspecified atom stereocenters. The third-order valence-corrected chi connectivity index (χ3v) is 6.05. The zero-order chi connectivity index (χ0) is 18.1. The minimum absolute atomic E-state index is 0.201. The highest BCUT2D eigenvalue weighted by Gasteiger charge is 2.21. The second-order valence-electron chi connectivity index (χ2n) is 6.19. The summed E-state index contributed by atoms with van der Waals surface area (Å²) in [4.78, 5) is 6.09. The van der Waals surface area contributed by atoms with E-state index in [0.29, 0.717) is 18.9 Å². The Morgan fingerprint density at radius 2 is 1.65 bits per heavy atom. The molecule has 0 amide bonds. The standard InChI is InChI=1S/C18H17FN4O2S/c19-16-3-6-18(20-12-16)23-13-15(11-21-23)14-1-4-17(5-2-14)22-7-9-26(24,25)10-8-22/h1-6,11-13H,7-10H2. The second-order valence-corrected chi connectivity index (χ2v) is 8.50. The number of sulfone groups is 1. The molecule has 1 saturated heterocycles. The van der Waals surface area contributed by atoms with Crippen LogP contribution in [0.3, 0.4) is 0 Å². The van der Waals surface area contributed by atoms with E-state index in [9.17, 15) is 12.8 Å². The van der Waals surface area contributed by atoms with Gasteiger partial charge in [0.05, 0.1) is 23.9 Å². The van der Waals surface area contributed by atoms with E-state index in [1.165, 1.54) is 6.07 Å². The fourth-order valence-corrected chi connectivity index (χ4v) is 4.14. The molecule has 134 valence electrons. The number of hydrogen-bond acceptors (Lipinski definition) is 5. The van der Waals surface area contributed by atoms with Crippen LogP contribution in [0.1, 0.15) is 0 Å². The zero-order valence-electron chi connectivity index (χ0n) is 13.9. The first-order valence-corrected chi connectivity index (χ1v) is 10.0. The Labute approximate surface area is 150 Å². The summed E-state index contributed by atoms with van der Waals surface area (Å²) in [5.74, 6) is 0.560. The number of anilines is 1. The van der Waals surface area contributed by atoms with E-state index in [4.69, 9.17) is 0 Å². The number of benzene rings is 1. The highest BCUT2D eigenvalue weighted by Crippen LogP contribution is 2.24. The Balaban J connectivity index is 1.51. The zero-order valence-corrected chi connectivity index (χ0v) is 14.7. The van der Waals surface area contributed by atoms with Gasteiger partial charge in [-0.25, -0.2) is 22.5 Å². The Hall–Kier alpha value is -2.74. The molecule has 1 fully saturated rings. The second kappa shape index (κ2) is 6.53. The van der Waals surface area contributed by atoms with E-state index >= 15 is 0 Å². The number of halogens is 1. The van der Waals surface area contributed by atoms with E-state index < -0.39 is 9.84 Å². The normalized spacial score (nSPS) is 16.6. The molecule has 0 spiro atoms. The lowest BCUT2D eigenvalue weighted by Gasteiger charge is -2.28. The van der Waals surface area contributed by atoms with Crippen molar-refractivity contribution in [1.29, 1.82) is 0 Å². The first kappa shape index (κ1) is 16.7. The van der Waals surface area contributed by atoms with Crippen molar-refractivity contribution in [1.82, 2.24) is 14.8 Å². The van der Waals surface area contributed by atoms with Gasteiger partial charge in [-0.15, -0.1) is 0 Å². The predicted octanol–water partition coefficient (Wildman–Crippen LogP) is 2.31. The molecule has 0 N–H and O–H groups in total. The Bertz CT molecular complexity index is 1000. The SMILES string of the molecule is O=S1(=O)CCN(c2ccc(-c3cnn(-c4ccc(F)cn4)c3)cc2)CC1. The van der Waals surface area contributed by atoms with Crippen molar-refractivity contribution < 1.29 is 12.8 Å². The molecular formula is C18H17FN4O2S. The summed E-state index contributed by atoms with van der Waals surface area (Å²) in [7, 11) is -2.88. The van der Waals surface area contributed by atoms with E-state index in [1.54, 1.807) is 16.9 Å². The molecule has 26 heavy (non-hydrogen) atoms. The van der Waals surface area contributed by atoms with Gasteiger partial charge in [-0.3, -0.25) is 0 Å². The largest absolute Gasteiger partial charge is 0.369 e. The van der Waals surface area contributed by atoms with Crippen LogP contribution >= 0.6 is 0 Å². The van der Waals surface area contributed by atoms with Crippen molar-refractivity contribution in [3.05, 3.63) is 60.8 Å². The summed E-state index contributed by atoms with van der Waals surface area (Å²) in [6.07, 6.45) is 4.72. The average Bonchev–Trinajstić information content (AvgIpc) is 3.13. The van der Waals surface area contributed by atoms with Crippen LogP contribution in [0.25, 0.3) is 16.9 Å². The van der Waals surface area contributed by atoms with Gasteiger partial charge in [0.25, 0.3) is 0 Å². The summed E-state index contributed by atoms with van der Waals surface area (Å²) < 4.78 is 37.7. The molecule has 3 aromatic rings. The van der Waals surface area contributed by atoms with Crippen LogP contribution in [0.4, 0.5) is 10.1 Å². The van der Waals surface area contributed by atoms with E-state index in [0.717, 1.165) is 23.0 Å². The van der Waals surface area contributed by atoms with E-state index in [2.05, 4.69) is 15.0 Å². The topological polar surface area (TPSA) is 68.1 Å². The number of pyridine rings is 1. The molecule has 0 bridgehead atoms. The lowest BCUT2D eigenvalue weighted by Crippen LogP contribution is -2.40. The molecule has 2 aromatic heterocycles. The van der Waals surface area contributed by atoms with Crippen molar-refractivity contribution in [3.63, 3.8) is 0 Å². The molecule has 1 aromatic carbocycles. The summed E-state index contributed by atoms with van der Waals surface area (Å²) in [5, 5.41) is 4.28. The number of nitrogens with zero attached hydrogens (tertiary/aromatic N) is 4. The Kier molecular flexibility index (Phi) is 4.20. The molecule has 6 nitrogen and oxygen atoms in total. The van der Waals surface area contributed by atoms with E-state index in [1.807, 2.05) is 30.5 Å². The Morgan fingerprint density at radius 3 is 2.31 bits per heavy atom. The quantitative estimate of drug-likeness (QED) is 0.706. The van der Waals surface area contributed by atoms with Gasteiger partial charge in [0.2, 0.25) is 0 Å². The fraction of sp³-hybridized carbons (Fsp3) is 0.222. The van der Waals surface area contributed by atoms with Crippen LogP contribution < -0.4 is 4.90 Å². The minimum Gasteiger partial charge on any atom is -0.369 e. The smallest absolute Gasteiger partial charge is 0.153 e. The Morgan fingerprint density at radius 1 is 0.923 bits per heavy atom. The fourth-order valence-electron chi connectivity index (χ4n) is 2.94. The van der Waals surface area contributed by atoms with Crippen molar-refractivity contribution in [2.24, 2.45) is 0 Å². The number of aromatic nitrogens is 3. The summed E-state index contributed by atoms with van der Waals surface area (Å²) in [6, 6.07) is 10.9. The van der Waals surface area contributed by atoms with Gasteiger partial charge in [-0.1, -0.05) is 12.1 Å². The lowest BCUT2D eigenvalue weighted by molar-refractivity contribution is 0.587. The first-order chi connectivity index (χ1) is 12.5. The van der Waals surface area contributed by atoms with Crippen molar-refractivity contribution in [2.75, 3.05) is 29.5 Å². The molecule has 0 aliphatic carbocycles. The van der Waals surface area contributed by atoms with Gasteiger partial charge in [-0.05, 0) is 29.8 Å². The van der Waals surface area contributed by atoms with E-state index in [-0.39, 0.29) is 17.3 Å². The van der Waals surface area contributed by atoms with Gasteiger partial charge in [0.15, 0.2) is 15.7 Å². The van der Waals surface area contributed by atoms with Crippen LogP contribution in [0.15, 0.2) is 55.0 Å². The molecule has 0 saturated carbocycles. The van der Waals surface area contributed by atoms with Crippen molar-refractivity contribution >= 4 is 15.5 Å². The maximum absolute atomic E-state index is 13.0. The number of rotatable bonds is 3. The molecule has 4 rings (SSSR count). The molecule has 1 aliphatic rings. The summed E-state index contributed by atoms with van der Waals surface area (Å²) in [6.45, 7) is 1.05. The predicted molar refractivity (Wildman–Crippen MR) is 97.6 cm³/mol. The third-order valence-electron chi connectivity index (χ3n) is 4.44. The number of hydrogen-bond donors (Lipinski definition) is 0. The average molecular weight is 372 g/mol. The van der Waals surface area contributed by atoms with Gasteiger partial charge < -0.3 is 4.90 Å². The monoisotopic (exact) mass is 372 g/mol. The van der Waals surface area contributed by atoms with Gasteiger partial charge in [0.1, 0.15) is 5.82 Å². The highest BCUT2D eigenvalue weighted by molar-refractivity contribution is 7.91. The molecular weight excluding hydrogens is 355 g/mol. The van der Waals surface area contributed by atoms with Gasteiger partial charge >= 0.3 is 0 Å². The van der Waals surface area contributed by atoms with Crippen molar-refractivity contribution in [3.8, 4) is 16.9 Å². The van der Waals surface area contributed by atoms with Crippen LogP contribution in [-0.4, -0.2) is 47.8 Å². The molecule has 8 heteroatoms. The highest BCUT2D eigenvalue weighted by atomic mass is 32.2. The van der Waals surface area contributed by atoms with Crippen molar-refractivity contribution in [2.45, 2.75) is 0 Å². The van der Waals surface area contributed by atoms with Crippen LogP contribution in [0.2, 0.25) is 0 Å².